The summed E-state index contributed by atoms with van der Waals surface area (Å²) in [6.07, 6.45) is 1.66. The number of hydrogen-bond acceptors (Lipinski definition) is 6. The number of hydrogen-bond donors (Lipinski definition) is 2. The van der Waals surface area contributed by atoms with Gasteiger partial charge in [0.25, 0.3) is 0 Å². The molecule has 0 saturated carbocycles. The number of nitrogens with one attached hydrogen (secondary N) is 1. The molecule has 1 aromatic heterocycles. The number of nitrogens with zero attached hydrogens (tertiary/aromatic N) is 3. The maximum absolute atomic E-state index is 11.2. The Hall–Kier alpha value is -1.21. The topological polar surface area (TPSA) is 84.1 Å². The van der Waals surface area contributed by atoms with Gasteiger partial charge >= 0.3 is 0 Å². The molecule has 0 aromatic carbocycles. The van der Waals surface area contributed by atoms with Crippen LogP contribution in [-0.2, 0) is 10.8 Å². The fourth-order valence-electron chi connectivity index (χ4n) is 1.46. The van der Waals surface area contributed by atoms with Gasteiger partial charge in [0.05, 0.1) is 0 Å². The Balaban J connectivity index is 2.11. The second-order valence-corrected chi connectivity index (χ2v) is 4.91. The molecule has 82 valence electrons. The maximum Gasteiger partial charge on any atom is 0.239 e. The Bertz CT molecular complexity index is 362. The smallest absolute Gasteiger partial charge is 0.239 e. The molecule has 15 heavy (non-hydrogen) atoms. The van der Waals surface area contributed by atoms with E-state index in [-0.39, 0.29) is 0 Å². The van der Waals surface area contributed by atoms with Crippen LogP contribution in [0.3, 0.4) is 0 Å². The Kier molecular flexibility index (Phi) is 3.12. The third-order valence-electron chi connectivity index (χ3n) is 2.27. The van der Waals surface area contributed by atoms with E-state index in [4.69, 9.17) is 5.84 Å². The summed E-state index contributed by atoms with van der Waals surface area (Å²) in [6, 6.07) is 1.83. The fourth-order valence-corrected chi connectivity index (χ4v) is 2.51. The van der Waals surface area contributed by atoms with Gasteiger partial charge in [0, 0.05) is 41.6 Å². The lowest BCUT2D eigenvalue weighted by Gasteiger charge is -2.27. The second kappa shape index (κ2) is 4.54. The van der Waals surface area contributed by atoms with Crippen molar-refractivity contribution in [3.05, 3.63) is 12.3 Å². The van der Waals surface area contributed by atoms with Gasteiger partial charge in [-0.2, -0.15) is 4.98 Å². The summed E-state index contributed by atoms with van der Waals surface area (Å²) in [5.74, 6) is 7.87. The van der Waals surface area contributed by atoms with E-state index in [1.165, 1.54) is 0 Å². The van der Waals surface area contributed by atoms with Crippen molar-refractivity contribution < 1.29 is 4.21 Å². The molecule has 2 rings (SSSR count). The highest BCUT2D eigenvalue weighted by Crippen LogP contribution is 2.13. The summed E-state index contributed by atoms with van der Waals surface area (Å²) in [6.45, 7) is 1.54. The number of hydrazine groups is 1. The second-order valence-electron chi connectivity index (χ2n) is 3.22. The van der Waals surface area contributed by atoms with Crippen LogP contribution in [0.4, 0.5) is 11.8 Å². The molecule has 2 heterocycles. The molecule has 1 saturated heterocycles. The summed E-state index contributed by atoms with van der Waals surface area (Å²) in [5, 5.41) is 0. The van der Waals surface area contributed by atoms with Crippen LogP contribution in [0, 0.1) is 0 Å². The van der Waals surface area contributed by atoms with Crippen LogP contribution in [-0.4, -0.2) is 38.8 Å². The molecule has 1 fully saturated rings. The summed E-state index contributed by atoms with van der Waals surface area (Å²) in [7, 11) is -0.667. The normalized spacial score (nSPS) is 17.8. The molecule has 0 atom stereocenters. The highest BCUT2D eigenvalue weighted by atomic mass is 32.2. The Morgan fingerprint density at radius 3 is 2.87 bits per heavy atom. The van der Waals surface area contributed by atoms with Crippen molar-refractivity contribution in [3.8, 4) is 0 Å². The van der Waals surface area contributed by atoms with Gasteiger partial charge < -0.3 is 4.90 Å². The zero-order chi connectivity index (χ0) is 10.7. The van der Waals surface area contributed by atoms with Crippen molar-refractivity contribution >= 4 is 22.6 Å². The monoisotopic (exact) mass is 227 g/mol. The number of rotatable bonds is 2. The molecule has 0 aliphatic carbocycles. The molecule has 1 aromatic rings. The zero-order valence-corrected chi connectivity index (χ0v) is 9.04. The highest BCUT2D eigenvalue weighted by Gasteiger charge is 2.16. The van der Waals surface area contributed by atoms with Crippen LogP contribution < -0.4 is 16.2 Å². The van der Waals surface area contributed by atoms with Crippen molar-refractivity contribution in [2.75, 3.05) is 34.9 Å². The van der Waals surface area contributed by atoms with Gasteiger partial charge in [-0.25, -0.2) is 10.8 Å². The van der Waals surface area contributed by atoms with E-state index in [1.807, 2.05) is 6.07 Å². The Labute approximate surface area is 90.3 Å². The molecule has 0 radical (unpaired) electrons. The molecular formula is C8H13N5OS. The van der Waals surface area contributed by atoms with Crippen LogP contribution in [0.25, 0.3) is 0 Å². The van der Waals surface area contributed by atoms with E-state index < -0.39 is 10.8 Å². The van der Waals surface area contributed by atoms with Gasteiger partial charge in [-0.3, -0.25) is 9.63 Å². The lowest BCUT2D eigenvalue weighted by Crippen LogP contribution is -2.38. The quantitative estimate of drug-likeness (QED) is 0.515. The fraction of sp³-hybridized carbons (Fsp3) is 0.500. The lowest BCUT2D eigenvalue weighted by atomic mass is 10.4. The predicted octanol–water partition coefficient (Wildman–Crippen LogP) is -0.669. The maximum atomic E-state index is 11.2. The van der Waals surface area contributed by atoms with Gasteiger partial charge in [0.1, 0.15) is 5.82 Å². The molecule has 6 nitrogen and oxygen atoms in total. The van der Waals surface area contributed by atoms with E-state index >= 15 is 0 Å². The van der Waals surface area contributed by atoms with Crippen LogP contribution in [0.15, 0.2) is 12.3 Å². The molecule has 0 spiro atoms. The molecule has 3 N–H and O–H groups in total. The Morgan fingerprint density at radius 2 is 2.20 bits per heavy atom. The van der Waals surface area contributed by atoms with Crippen LogP contribution >= 0.6 is 0 Å². The molecule has 7 heteroatoms. The summed E-state index contributed by atoms with van der Waals surface area (Å²) in [5.41, 5.74) is 2.41. The number of nitrogens with two attached hydrogens (primary N) is 1. The molecule has 0 unspecified atom stereocenters. The molecule has 1 aliphatic rings. The van der Waals surface area contributed by atoms with Gasteiger partial charge in [-0.05, 0) is 6.07 Å². The third kappa shape index (κ3) is 2.42. The SMILES string of the molecule is NNc1nccc(N2CCS(=O)CC2)n1. The van der Waals surface area contributed by atoms with Crippen LogP contribution in [0.2, 0.25) is 0 Å². The average molecular weight is 227 g/mol. The minimum Gasteiger partial charge on any atom is -0.355 e. The predicted molar refractivity (Wildman–Crippen MR) is 59.9 cm³/mol. The largest absolute Gasteiger partial charge is 0.355 e. The molecule has 1 aliphatic heterocycles. The summed E-state index contributed by atoms with van der Waals surface area (Å²) < 4.78 is 11.2. The Morgan fingerprint density at radius 1 is 1.47 bits per heavy atom. The first-order chi connectivity index (χ1) is 7.29. The minimum atomic E-state index is -0.667. The number of nitrogen functional groups attached to an aromatic ring is 1. The van der Waals surface area contributed by atoms with E-state index in [0.29, 0.717) is 17.5 Å². The first-order valence-corrected chi connectivity index (χ1v) is 6.18. The first-order valence-electron chi connectivity index (χ1n) is 4.69. The van der Waals surface area contributed by atoms with E-state index in [1.54, 1.807) is 6.20 Å². The van der Waals surface area contributed by atoms with Gasteiger partial charge in [0.2, 0.25) is 5.95 Å². The highest BCUT2D eigenvalue weighted by molar-refractivity contribution is 7.85. The van der Waals surface area contributed by atoms with Crippen LogP contribution in [0.1, 0.15) is 0 Å². The number of aromatic nitrogens is 2. The van der Waals surface area contributed by atoms with Gasteiger partial charge in [-0.15, -0.1) is 0 Å². The molecular weight excluding hydrogens is 214 g/mol. The van der Waals surface area contributed by atoms with Crippen molar-refractivity contribution in [2.24, 2.45) is 5.84 Å². The third-order valence-corrected chi connectivity index (χ3v) is 3.55. The molecule has 0 bridgehead atoms. The van der Waals surface area contributed by atoms with Crippen molar-refractivity contribution in [3.63, 3.8) is 0 Å². The van der Waals surface area contributed by atoms with Crippen molar-refractivity contribution in [2.45, 2.75) is 0 Å². The summed E-state index contributed by atoms with van der Waals surface area (Å²) >= 11 is 0. The first kappa shape index (κ1) is 10.3. The summed E-state index contributed by atoms with van der Waals surface area (Å²) in [4.78, 5) is 10.2. The van der Waals surface area contributed by atoms with Gasteiger partial charge in [0.15, 0.2) is 0 Å². The van der Waals surface area contributed by atoms with E-state index in [9.17, 15) is 4.21 Å². The minimum absolute atomic E-state index is 0.402. The van der Waals surface area contributed by atoms with Crippen LogP contribution in [0.5, 0.6) is 0 Å². The zero-order valence-electron chi connectivity index (χ0n) is 8.22. The van der Waals surface area contributed by atoms with E-state index in [2.05, 4.69) is 20.3 Å². The van der Waals surface area contributed by atoms with E-state index in [0.717, 1.165) is 18.9 Å². The standard InChI is InChI=1S/C8H13N5OS/c9-12-8-10-2-1-7(11-8)13-3-5-15(14)6-4-13/h1-2H,3-6,9H2,(H,10,11,12). The molecule has 0 amide bonds. The number of anilines is 2. The van der Waals surface area contributed by atoms with Crippen molar-refractivity contribution in [1.82, 2.24) is 9.97 Å². The average Bonchev–Trinajstić information content (AvgIpc) is 2.30. The lowest BCUT2D eigenvalue weighted by molar-refractivity contribution is 0.672. The van der Waals surface area contributed by atoms with Gasteiger partial charge in [-0.1, -0.05) is 0 Å². The van der Waals surface area contributed by atoms with Crippen molar-refractivity contribution in [1.29, 1.82) is 0 Å².